The van der Waals surface area contributed by atoms with Crippen molar-refractivity contribution in [3.63, 3.8) is 0 Å². The Kier molecular flexibility index (Phi) is 1.48. The minimum Gasteiger partial charge on any atom is -0.478 e. The molecule has 4 heteroatoms. The molecule has 0 aliphatic heterocycles. The summed E-state index contributed by atoms with van der Waals surface area (Å²) in [7, 11) is 0. The highest BCUT2D eigenvalue weighted by atomic mass is 16.4. The van der Waals surface area contributed by atoms with E-state index in [-0.39, 0.29) is 11.3 Å². The maximum Gasteiger partial charge on any atom is 0.339 e. The van der Waals surface area contributed by atoms with E-state index >= 15 is 0 Å². The fourth-order valence-electron chi connectivity index (χ4n) is 1.37. The Morgan fingerprint density at radius 3 is 2.85 bits per heavy atom. The van der Waals surface area contributed by atoms with Gasteiger partial charge in [-0.15, -0.1) is 0 Å². The second-order valence-corrected chi connectivity index (χ2v) is 2.78. The standard InChI is InChI=1S/C9H8N2O2/c10-6-2-1-5-3-4-11-8(5)7(6)9(12)13/h1-4,11H,10H2,(H,12,13). The van der Waals surface area contributed by atoms with Crippen LogP contribution >= 0.6 is 0 Å². The Balaban J connectivity index is 2.88. The SMILES string of the molecule is Nc1ccc2cc[nH]c2c1C(=O)O. The molecule has 0 unspecified atom stereocenters. The van der Waals surface area contributed by atoms with Crippen LogP contribution in [0.2, 0.25) is 0 Å². The molecule has 0 bridgehead atoms. The molecule has 13 heavy (non-hydrogen) atoms. The zero-order valence-corrected chi connectivity index (χ0v) is 6.74. The molecule has 0 radical (unpaired) electrons. The summed E-state index contributed by atoms with van der Waals surface area (Å²) in [5.41, 5.74) is 6.54. The number of nitrogens with two attached hydrogens (primary N) is 1. The number of aromatic amines is 1. The number of aromatic carboxylic acids is 1. The molecular weight excluding hydrogens is 168 g/mol. The molecule has 0 aliphatic rings. The minimum absolute atomic E-state index is 0.141. The van der Waals surface area contributed by atoms with Crippen molar-refractivity contribution in [2.45, 2.75) is 0 Å². The molecule has 0 aliphatic carbocycles. The van der Waals surface area contributed by atoms with Crippen molar-refractivity contribution >= 4 is 22.6 Å². The van der Waals surface area contributed by atoms with Crippen molar-refractivity contribution in [3.05, 3.63) is 30.0 Å². The van der Waals surface area contributed by atoms with Gasteiger partial charge in [0.15, 0.2) is 0 Å². The van der Waals surface area contributed by atoms with E-state index in [9.17, 15) is 4.79 Å². The van der Waals surface area contributed by atoms with Crippen molar-refractivity contribution in [1.82, 2.24) is 4.98 Å². The van der Waals surface area contributed by atoms with Gasteiger partial charge >= 0.3 is 5.97 Å². The fraction of sp³-hybridized carbons (Fsp3) is 0. The molecule has 0 saturated heterocycles. The van der Waals surface area contributed by atoms with E-state index in [1.807, 2.05) is 0 Å². The first kappa shape index (κ1) is 7.67. The highest BCUT2D eigenvalue weighted by Crippen LogP contribution is 2.22. The van der Waals surface area contributed by atoms with Gasteiger partial charge in [0.1, 0.15) is 5.56 Å². The van der Waals surface area contributed by atoms with Crippen molar-refractivity contribution in [3.8, 4) is 0 Å². The van der Waals surface area contributed by atoms with Gasteiger partial charge in [-0.2, -0.15) is 0 Å². The van der Waals surface area contributed by atoms with Gasteiger partial charge in [0.05, 0.1) is 5.52 Å². The molecule has 0 saturated carbocycles. The van der Waals surface area contributed by atoms with Crippen molar-refractivity contribution < 1.29 is 9.90 Å². The quantitative estimate of drug-likeness (QED) is 0.575. The number of benzene rings is 1. The summed E-state index contributed by atoms with van der Waals surface area (Å²) in [6, 6.07) is 5.19. The van der Waals surface area contributed by atoms with Crippen molar-refractivity contribution in [1.29, 1.82) is 0 Å². The maximum absolute atomic E-state index is 10.8. The van der Waals surface area contributed by atoms with E-state index < -0.39 is 5.97 Å². The lowest BCUT2D eigenvalue weighted by atomic mass is 10.1. The zero-order chi connectivity index (χ0) is 9.42. The van der Waals surface area contributed by atoms with Crippen LogP contribution in [0.1, 0.15) is 10.4 Å². The molecular formula is C9H8N2O2. The van der Waals surface area contributed by atoms with Crippen LogP contribution in [0.25, 0.3) is 10.9 Å². The van der Waals surface area contributed by atoms with Gasteiger partial charge in [-0.25, -0.2) is 4.79 Å². The van der Waals surface area contributed by atoms with E-state index in [4.69, 9.17) is 10.8 Å². The van der Waals surface area contributed by atoms with Gasteiger partial charge in [-0.1, -0.05) is 6.07 Å². The van der Waals surface area contributed by atoms with Crippen LogP contribution in [0, 0.1) is 0 Å². The summed E-state index contributed by atoms with van der Waals surface area (Å²) in [6.07, 6.45) is 1.69. The number of nitrogens with one attached hydrogen (secondary N) is 1. The average molecular weight is 176 g/mol. The third kappa shape index (κ3) is 1.03. The number of hydrogen-bond donors (Lipinski definition) is 3. The highest BCUT2D eigenvalue weighted by Gasteiger charge is 2.12. The molecule has 4 nitrogen and oxygen atoms in total. The molecule has 4 N–H and O–H groups in total. The van der Waals surface area contributed by atoms with Crippen LogP contribution in [0.3, 0.4) is 0 Å². The fourth-order valence-corrected chi connectivity index (χ4v) is 1.37. The summed E-state index contributed by atoms with van der Waals surface area (Å²) in [5, 5.41) is 9.74. The Labute approximate surface area is 74.0 Å². The Morgan fingerprint density at radius 1 is 1.38 bits per heavy atom. The average Bonchev–Trinajstić information content (AvgIpc) is 2.50. The topological polar surface area (TPSA) is 79.1 Å². The zero-order valence-electron chi connectivity index (χ0n) is 6.74. The van der Waals surface area contributed by atoms with Gasteiger partial charge in [0.25, 0.3) is 0 Å². The lowest BCUT2D eigenvalue weighted by Crippen LogP contribution is -2.02. The van der Waals surface area contributed by atoms with Gasteiger partial charge in [0, 0.05) is 17.3 Å². The molecule has 0 atom stereocenters. The molecule has 66 valence electrons. The van der Waals surface area contributed by atoms with Gasteiger partial charge in [0.2, 0.25) is 0 Å². The summed E-state index contributed by atoms with van der Waals surface area (Å²) < 4.78 is 0. The summed E-state index contributed by atoms with van der Waals surface area (Å²) in [6.45, 7) is 0. The third-order valence-corrected chi connectivity index (χ3v) is 1.97. The molecule has 1 heterocycles. The van der Waals surface area contributed by atoms with Crippen LogP contribution < -0.4 is 5.73 Å². The van der Waals surface area contributed by atoms with Crippen molar-refractivity contribution in [2.24, 2.45) is 0 Å². The maximum atomic E-state index is 10.8. The van der Waals surface area contributed by atoms with Crippen LogP contribution in [0.4, 0.5) is 5.69 Å². The van der Waals surface area contributed by atoms with E-state index in [0.717, 1.165) is 5.39 Å². The van der Waals surface area contributed by atoms with Crippen LogP contribution in [0.15, 0.2) is 24.4 Å². The molecule has 0 spiro atoms. The smallest absolute Gasteiger partial charge is 0.339 e. The van der Waals surface area contributed by atoms with E-state index in [1.165, 1.54) is 0 Å². The number of rotatable bonds is 1. The van der Waals surface area contributed by atoms with E-state index in [2.05, 4.69) is 4.98 Å². The van der Waals surface area contributed by atoms with E-state index in [1.54, 1.807) is 24.4 Å². The minimum atomic E-state index is -1.01. The van der Waals surface area contributed by atoms with E-state index in [0.29, 0.717) is 5.52 Å². The first-order chi connectivity index (χ1) is 6.20. The highest BCUT2D eigenvalue weighted by molar-refractivity contribution is 6.06. The largest absolute Gasteiger partial charge is 0.478 e. The summed E-state index contributed by atoms with van der Waals surface area (Å²) in [5.74, 6) is -1.01. The molecule has 2 aromatic rings. The predicted molar refractivity (Wildman–Crippen MR) is 49.7 cm³/mol. The second kappa shape index (κ2) is 2.52. The first-order valence-corrected chi connectivity index (χ1v) is 3.79. The van der Waals surface area contributed by atoms with Gasteiger partial charge in [-0.3, -0.25) is 0 Å². The number of nitrogen functional groups attached to an aromatic ring is 1. The molecule has 0 fully saturated rings. The number of carboxylic acid groups (broad SMARTS) is 1. The van der Waals surface area contributed by atoms with Crippen LogP contribution in [-0.4, -0.2) is 16.1 Å². The predicted octanol–water partition coefficient (Wildman–Crippen LogP) is 1.45. The molecule has 1 aromatic carbocycles. The first-order valence-electron chi connectivity index (χ1n) is 3.79. The lowest BCUT2D eigenvalue weighted by Gasteiger charge is -2.01. The lowest BCUT2D eigenvalue weighted by molar-refractivity contribution is 0.0700. The molecule has 0 amide bonds. The van der Waals surface area contributed by atoms with Crippen LogP contribution in [-0.2, 0) is 0 Å². The number of H-pyrrole nitrogens is 1. The number of fused-ring (bicyclic) bond motifs is 1. The molecule has 2 rings (SSSR count). The normalized spacial score (nSPS) is 10.5. The molecule has 1 aromatic heterocycles. The Morgan fingerprint density at radius 2 is 2.15 bits per heavy atom. The van der Waals surface area contributed by atoms with Crippen molar-refractivity contribution in [2.75, 3.05) is 5.73 Å². The number of carbonyl (C=O) groups is 1. The number of hydrogen-bond acceptors (Lipinski definition) is 2. The number of aromatic nitrogens is 1. The van der Waals surface area contributed by atoms with Gasteiger partial charge in [-0.05, 0) is 12.1 Å². The van der Waals surface area contributed by atoms with Crippen LogP contribution in [0.5, 0.6) is 0 Å². The number of carboxylic acids is 1. The summed E-state index contributed by atoms with van der Waals surface area (Å²) in [4.78, 5) is 13.7. The third-order valence-electron chi connectivity index (χ3n) is 1.97. The second-order valence-electron chi connectivity index (χ2n) is 2.78. The Bertz CT molecular complexity index is 473. The van der Waals surface area contributed by atoms with Gasteiger partial charge < -0.3 is 15.8 Å². The monoisotopic (exact) mass is 176 g/mol. The number of anilines is 1. The summed E-state index contributed by atoms with van der Waals surface area (Å²) >= 11 is 0. The Hall–Kier alpha value is -1.97.